The van der Waals surface area contributed by atoms with E-state index >= 15 is 0 Å². The van der Waals surface area contributed by atoms with Crippen molar-refractivity contribution in [1.29, 1.82) is 0 Å². The Bertz CT molecular complexity index is 1040. The number of benzene rings is 2. The maximum absolute atomic E-state index is 13.3. The number of rotatable bonds is 4. The Morgan fingerprint density at radius 3 is 2.61 bits per heavy atom. The van der Waals surface area contributed by atoms with Crippen LogP contribution >= 0.6 is 11.6 Å². The molecule has 0 atom stereocenters. The van der Waals surface area contributed by atoms with E-state index in [2.05, 4.69) is 4.72 Å². The number of anilines is 2. The summed E-state index contributed by atoms with van der Waals surface area (Å²) in [5.41, 5.74) is 2.18. The summed E-state index contributed by atoms with van der Waals surface area (Å²) in [5, 5.41) is -0.252. The zero-order valence-corrected chi connectivity index (χ0v) is 16.7. The molecule has 5 nitrogen and oxygen atoms in total. The molecule has 1 amide bonds. The van der Waals surface area contributed by atoms with Crippen LogP contribution in [-0.4, -0.2) is 20.9 Å². The largest absolute Gasteiger partial charge is 0.312 e. The van der Waals surface area contributed by atoms with Gasteiger partial charge in [-0.15, -0.1) is 0 Å². The molecule has 1 saturated carbocycles. The van der Waals surface area contributed by atoms with Crippen molar-refractivity contribution in [2.75, 3.05) is 16.2 Å². The van der Waals surface area contributed by atoms with Crippen LogP contribution in [0.4, 0.5) is 15.8 Å². The maximum Gasteiger partial charge on any atom is 0.261 e. The summed E-state index contributed by atoms with van der Waals surface area (Å²) in [4.78, 5) is 14.4. The molecular formula is C20H20ClFN2O3S. The van der Waals surface area contributed by atoms with E-state index in [1.54, 1.807) is 18.2 Å². The molecule has 1 heterocycles. The van der Waals surface area contributed by atoms with Crippen molar-refractivity contribution in [3.05, 3.63) is 52.8 Å². The van der Waals surface area contributed by atoms with Gasteiger partial charge in [-0.25, -0.2) is 12.8 Å². The highest BCUT2D eigenvalue weighted by molar-refractivity contribution is 7.92. The number of hydrogen-bond donors (Lipinski definition) is 1. The second-order valence-corrected chi connectivity index (χ2v) is 9.34. The van der Waals surface area contributed by atoms with Gasteiger partial charge in [0.25, 0.3) is 10.0 Å². The van der Waals surface area contributed by atoms with Crippen molar-refractivity contribution in [3.8, 4) is 0 Å². The number of fused-ring (bicyclic) bond motifs is 1. The van der Waals surface area contributed by atoms with Crippen LogP contribution in [0.2, 0.25) is 5.02 Å². The van der Waals surface area contributed by atoms with Crippen molar-refractivity contribution in [2.24, 2.45) is 5.92 Å². The first kappa shape index (κ1) is 19.2. The molecule has 1 aliphatic heterocycles. The summed E-state index contributed by atoms with van der Waals surface area (Å²) in [6.07, 6.45) is 4.79. The number of carbonyl (C=O) groups excluding carboxylic acids is 1. The highest BCUT2D eigenvalue weighted by Gasteiger charge is 2.32. The van der Waals surface area contributed by atoms with Crippen LogP contribution in [-0.2, 0) is 21.2 Å². The maximum atomic E-state index is 13.3. The Balaban J connectivity index is 1.54. The zero-order chi connectivity index (χ0) is 19.9. The predicted octanol–water partition coefficient (Wildman–Crippen LogP) is 4.36. The third kappa shape index (κ3) is 3.61. The van der Waals surface area contributed by atoms with Crippen LogP contribution in [0.25, 0.3) is 0 Å². The molecule has 2 aromatic carbocycles. The molecule has 0 saturated heterocycles. The van der Waals surface area contributed by atoms with Crippen molar-refractivity contribution in [1.82, 2.24) is 0 Å². The molecule has 0 spiro atoms. The fourth-order valence-electron chi connectivity index (χ4n) is 3.95. The summed E-state index contributed by atoms with van der Waals surface area (Å²) in [6.45, 7) is 0.619. The van der Waals surface area contributed by atoms with E-state index in [9.17, 15) is 17.6 Å². The zero-order valence-electron chi connectivity index (χ0n) is 15.1. The van der Waals surface area contributed by atoms with Gasteiger partial charge in [-0.1, -0.05) is 24.4 Å². The van der Waals surface area contributed by atoms with E-state index in [0.717, 1.165) is 49.1 Å². The molecule has 0 aromatic heterocycles. The quantitative estimate of drug-likeness (QED) is 0.796. The molecule has 2 aromatic rings. The van der Waals surface area contributed by atoms with Crippen LogP contribution in [0, 0.1) is 11.7 Å². The number of sulfonamides is 1. The van der Waals surface area contributed by atoms with Gasteiger partial charge in [0.2, 0.25) is 5.91 Å². The van der Waals surface area contributed by atoms with E-state index < -0.39 is 15.8 Å². The number of nitrogens with one attached hydrogen (secondary N) is 1. The Labute approximate surface area is 168 Å². The average Bonchev–Trinajstić information content (AvgIpc) is 3.32. The first-order chi connectivity index (χ1) is 13.3. The summed E-state index contributed by atoms with van der Waals surface area (Å²) in [7, 11) is -3.89. The molecule has 4 rings (SSSR count). The average molecular weight is 423 g/mol. The summed E-state index contributed by atoms with van der Waals surface area (Å²) in [5.74, 6) is -0.400. The Morgan fingerprint density at radius 2 is 1.89 bits per heavy atom. The molecule has 1 fully saturated rings. The number of hydrogen-bond acceptors (Lipinski definition) is 3. The van der Waals surface area contributed by atoms with Crippen LogP contribution in [0.3, 0.4) is 0 Å². The molecule has 0 radical (unpaired) electrons. The van der Waals surface area contributed by atoms with Crippen molar-refractivity contribution in [2.45, 2.75) is 37.0 Å². The summed E-state index contributed by atoms with van der Waals surface area (Å²) >= 11 is 5.69. The van der Waals surface area contributed by atoms with Gasteiger partial charge < -0.3 is 4.90 Å². The third-order valence-corrected chi connectivity index (χ3v) is 7.07. The van der Waals surface area contributed by atoms with Crippen molar-refractivity contribution < 1.29 is 17.6 Å². The summed E-state index contributed by atoms with van der Waals surface area (Å²) < 4.78 is 40.9. The molecule has 1 aliphatic carbocycles. The molecule has 0 unspecified atom stereocenters. The van der Waals surface area contributed by atoms with E-state index in [4.69, 9.17) is 11.6 Å². The number of carbonyl (C=O) groups is 1. The monoisotopic (exact) mass is 422 g/mol. The van der Waals surface area contributed by atoms with Crippen molar-refractivity contribution >= 4 is 38.9 Å². The first-order valence-corrected chi connectivity index (χ1v) is 11.1. The van der Waals surface area contributed by atoms with Crippen molar-refractivity contribution in [3.63, 3.8) is 0 Å². The van der Waals surface area contributed by atoms with Gasteiger partial charge in [-0.2, -0.15) is 0 Å². The second kappa shape index (κ2) is 7.37. The minimum atomic E-state index is -3.89. The van der Waals surface area contributed by atoms with Gasteiger partial charge in [0.1, 0.15) is 5.82 Å². The lowest BCUT2D eigenvalue weighted by molar-refractivity contribution is -0.122. The Morgan fingerprint density at radius 1 is 1.14 bits per heavy atom. The molecular weight excluding hydrogens is 403 g/mol. The normalized spacial score (nSPS) is 17.0. The number of amides is 1. The first-order valence-electron chi connectivity index (χ1n) is 9.27. The Kier molecular flexibility index (Phi) is 5.05. The van der Waals surface area contributed by atoms with E-state index in [-0.39, 0.29) is 21.7 Å². The minimum Gasteiger partial charge on any atom is -0.312 e. The van der Waals surface area contributed by atoms with Crippen LogP contribution in [0.1, 0.15) is 31.2 Å². The lowest BCUT2D eigenvalue weighted by Gasteiger charge is -2.21. The highest BCUT2D eigenvalue weighted by atomic mass is 35.5. The lowest BCUT2D eigenvalue weighted by atomic mass is 10.1. The topological polar surface area (TPSA) is 66.5 Å². The fraction of sp³-hybridized carbons (Fsp3) is 0.350. The lowest BCUT2D eigenvalue weighted by Crippen LogP contribution is -2.33. The van der Waals surface area contributed by atoms with Gasteiger partial charge in [-0.05, 0) is 61.2 Å². The van der Waals surface area contributed by atoms with Crippen LogP contribution in [0.15, 0.2) is 41.3 Å². The number of halogens is 2. The van der Waals surface area contributed by atoms with Gasteiger partial charge in [0.05, 0.1) is 9.92 Å². The second-order valence-electron chi connectivity index (χ2n) is 7.25. The van der Waals surface area contributed by atoms with E-state index in [1.807, 2.05) is 4.90 Å². The molecule has 0 bridgehead atoms. The molecule has 28 heavy (non-hydrogen) atoms. The van der Waals surface area contributed by atoms with Crippen LogP contribution < -0.4 is 9.62 Å². The fourth-order valence-corrected chi connectivity index (χ4v) is 5.27. The van der Waals surface area contributed by atoms with E-state index in [1.165, 1.54) is 6.07 Å². The highest BCUT2D eigenvalue weighted by Crippen LogP contribution is 2.35. The molecule has 2 aliphatic rings. The minimum absolute atomic E-state index is 0.104. The van der Waals surface area contributed by atoms with Gasteiger partial charge >= 0.3 is 0 Å². The SMILES string of the molecule is O=C(C1CCCC1)N1CCc2cc(NS(=O)(=O)c3ccc(F)c(Cl)c3)ccc21. The van der Waals surface area contributed by atoms with Gasteiger partial charge in [0, 0.05) is 23.8 Å². The van der Waals surface area contributed by atoms with E-state index in [0.29, 0.717) is 18.7 Å². The summed E-state index contributed by atoms with van der Waals surface area (Å²) in [6, 6.07) is 8.44. The number of nitrogens with zero attached hydrogens (tertiary/aromatic N) is 1. The Hall–Kier alpha value is -2.12. The third-order valence-electron chi connectivity index (χ3n) is 5.40. The van der Waals surface area contributed by atoms with Crippen LogP contribution in [0.5, 0.6) is 0 Å². The molecule has 1 N–H and O–H groups in total. The van der Waals surface area contributed by atoms with Gasteiger partial charge in [0.15, 0.2) is 0 Å². The predicted molar refractivity (Wildman–Crippen MR) is 107 cm³/mol. The molecule has 148 valence electrons. The van der Waals surface area contributed by atoms with Gasteiger partial charge in [-0.3, -0.25) is 9.52 Å². The smallest absolute Gasteiger partial charge is 0.261 e. The standard InChI is InChI=1S/C20H20ClFN2O3S/c21-17-12-16(6-7-18(17)22)28(26,27)23-15-5-8-19-14(11-15)9-10-24(19)20(25)13-3-1-2-4-13/h5-8,11-13,23H,1-4,9-10H2. The molecule has 8 heteroatoms.